The number of amides is 1. The smallest absolute Gasteiger partial charge is 0.274 e. The van der Waals surface area contributed by atoms with Crippen molar-refractivity contribution in [2.75, 3.05) is 17.7 Å². The SMILES string of the molecule is COc1ccc(Nc2ccc(Br)cc2NC(=O)c2ccccn2)cn1. The predicted octanol–water partition coefficient (Wildman–Crippen LogP) is 4.24. The molecule has 0 bridgehead atoms. The van der Waals surface area contributed by atoms with Crippen molar-refractivity contribution in [1.82, 2.24) is 9.97 Å². The van der Waals surface area contributed by atoms with Crippen molar-refractivity contribution in [2.45, 2.75) is 0 Å². The van der Waals surface area contributed by atoms with Gasteiger partial charge in [0.2, 0.25) is 5.88 Å². The minimum Gasteiger partial charge on any atom is -0.481 e. The zero-order valence-electron chi connectivity index (χ0n) is 13.4. The van der Waals surface area contributed by atoms with Crippen molar-refractivity contribution < 1.29 is 9.53 Å². The lowest BCUT2D eigenvalue weighted by atomic mass is 10.2. The second-order valence-electron chi connectivity index (χ2n) is 5.07. The third-order valence-electron chi connectivity index (χ3n) is 3.35. The number of hydrogen-bond donors (Lipinski definition) is 2. The number of benzene rings is 1. The molecule has 2 N–H and O–H groups in total. The molecule has 2 aromatic heterocycles. The number of nitrogens with zero attached hydrogens (tertiary/aromatic N) is 2. The molecule has 126 valence electrons. The van der Waals surface area contributed by atoms with Crippen molar-refractivity contribution in [2.24, 2.45) is 0 Å². The molecule has 0 fully saturated rings. The topological polar surface area (TPSA) is 76.1 Å². The first-order valence-electron chi connectivity index (χ1n) is 7.45. The number of carbonyl (C=O) groups excluding carboxylic acids is 1. The van der Waals surface area contributed by atoms with Gasteiger partial charge in [0, 0.05) is 16.7 Å². The Hall–Kier alpha value is -2.93. The number of pyridine rings is 2. The van der Waals surface area contributed by atoms with Crippen LogP contribution in [0.25, 0.3) is 0 Å². The van der Waals surface area contributed by atoms with Crippen LogP contribution < -0.4 is 15.4 Å². The van der Waals surface area contributed by atoms with Gasteiger partial charge in [0.1, 0.15) is 5.69 Å². The van der Waals surface area contributed by atoms with Crippen molar-refractivity contribution in [3.63, 3.8) is 0 Å². The molecule has 0 aliphatic rings. The molecule has 3 aromatic rings. The van der Waals surface area contributed by atoms with Gasteiger partial charge in [0.25, 0.3) is 5.91 Å². The fourth-order valence-corrected chi connectivity index (χ4v) is 2.50. The molecule has 3 rings (SSSR count). The lowest BCUT2D eigenvalue weighted by molar-refractivity contribution is 0.102. The summed E-state index contributed by atoms with van der Waals surface area (Å²) >= 11 is 3.42. The highest BCUT2D eigenvalue weighted by Gasteiger charge is 2.11. The van der Waals surface area contributed by atoms with Crippen LogP contribution in [0, 0.1) is 0 Å². The van der Waals surface area contributed by atoms with Crippen LogP contribution in [0.5, 0.6) is 5.88 Å². The molecule has 0 unspecified atom stereocenters. The monoisotopic (exact) mass is 398 g/mol. The maximum Gasteiger partial charge on any atom is 0.274 e. The molecule has 2 heterocycles. The van der Waals surface area contributed by atoms with Crippen molar-refractivity contribution in [3.8, 4) is 5.88 Å². The van der Waals surface area contributed by atoms with Crippen molar-refractivity contribution in [1.29, 1.82) is 0 Å². The number of carbonyl (C=O) groups is 1. The minimum absolute atomic E-state index is 0.283. The van der Waals surface area contributed by atoms with Crippen LogP contribution in [-0.4, -0.2) is 23.0 Å². The van der Waals surface area contributed by atoms with Gasteiger partial charge in [-0.1, -0.05) is 22.0 Å². The highest BCUT2D eigenvalue weighted by molar-refractivity contribution is 9.10. The van der Waals surface area contributed by atoms with Crippen molar-refractivity contribution in [3.05, 3.63) is 71.1 Å². The maximum absolute atomic E-state index is 12.4. The van der Waals surface area contributed by atoms with E-state index in [1.54, 1.807) is 43.8 Å². The van der Waals surface area contributed by atoms with Gasteiger partial charge in [0.15, 0.2) is 0 Å². The van der Waals surface area contributed by atoms with Gasteiger partial charge in [-0.15, -0.1) is 0 Å². The molecule has 0 spiro atoms. The summed E-state index contributed by atoms with van der Waals surface area (Å²) in [5, 5.41) is 6.11. The number of halogens is 1. The van der Waals surface area contributed by atoms with E-state index >= 15 is 0 Å². The zero-order chi connectivity index (χ0) is 17.6. The van der Waals surface area contributed by atoms with E-state index in [-0.39, 0.29) is 5.91 Å². The lowest BCUT2D eigenvalue weighted by Crippen LogP contribution is -2.14. The van der Waals surface area contributed by atoms with Gasteiger partial charge >= 0.3 is 0 Å². The molecule has 1 aromatic carbocycles. The molecular weight excluding hydrogens is 384 g/mol. The third-order valence-corrected chi connectivity index (χ3v) is 3.85. The Bertz CT molecular complexity index is 870. The molecule has 1 amide bonds. The summed E-state index contributed by atoms with van der Waals surface area (Å²) in [6.45, 7) is 0. The summed E-state index contributed by atoms with van der Waals surface area (Å²) in [7, 11) is 1.56. The second-order valence-corrected chi connectivity index (χ2v) is 5.99. The fourth-order valence-electron chi connectivity index (χ4n) is 2.14. The van der Waals surface area contributed by atoms with E-state index in [1.165, 1.54) is 0 Å². The van der Waals surface area contributed by atoms with E-state index in [0.717, 1.165) is 15.8 Å². The number of methoxy groups -OCH3 is 1. The van der Waals surface area contributed by atoms with Gasteiger partial charge in [-0.3, -0.25) is 9.78 Å². The first-order chi connectivity index (χ1) is 12.2. The highest BCUT2D eigenvalue weighted by atomic mass is 79.9. The minimum atomic E-state index is -0.283. The lowest BCUT2D eigenvalue weighted by Gasteiger charge is -2.13. The molecule has 6 nitrogen and oxygen atoms in total. The predicted molar refractivity (Wildman–Crippen MR) is 100 cm³/mol. The van der Waals surface area contributed by atoms with E-state index in [2.05, 4.69) is 36.5 Å². The molecule has 0 aliphatic carbocycles. The van der Waals surface area contributed by atoms with Crippen LogP contribution in [0.3, 0.4) is 0 Å². The number of anilines is 3. The van der Waals surface area contributed by atoms with Gasteiger partial charge < -0.3 is 15.4 Å². The fraction of sp³-hybridized carbons (Fsp3) is 0.0556. The van der Waals surface area contributed by atoms with Gasteiger partial charge in [-0.05, 0) is 36.4 Å². The molecular formula is C18H15BrN4O2. The molecule has 0 atom stereocenters. The summed E-state index contributed by atoms with van der Waals surface area (Å²) in [6.07, 6.45) is 3.24. The van der Waals surface area contributed by atoms with Crippen LogP contribution in [0.15, 0.2) is 65.4 Å². The van der Waals surface area contributed by atoms with E-state index in [1.807, 2.05) is 24.3 Å². The molecule has 7 heteroatoms. The average Bonchev–Trinajstić information content (AvgIpc) is 2.65. The van der Waals surface area contributed by atoms with Crippen LogP contribution in [-0.2, 0) is 0 Å². The molecule has 0 saturated carbocycles. The van der Waals surface area contributed by atoms with Crippen LogP contribution in [0.1, 0.15) is 10.5 Å². The van der Waals surface area contributed by atoms with E-state index in [9.17, 15) is 4.79 Å². The molecule has 0 radical (unpaired) electrons. The number of hydrogen-bond acceptors (Lipinski definition) is 5. The molecule has 0 saturated heterocycles. The second kappa shape index (κ2) is 7.76. The van der Waals surface area contributed by atoms with E-state index in [0.29, 0.717) is 17.3 Å². The quantitative estimate of drug-likeness (QED) is 0.671. The van der Waals surface area contributed by atoms with Crippen molar-refractivity contribution >= 4 is 38.9 Å². The summed E-state index contributed by atoms with van der Waals surface area (Å²) in [4.78, 5) is 20.6. The zero-order valence-corrected chi connectivity index (χ0v) is 14.9. The third kappa shape index (κ3) is 4.33. The van der Waals surface area contributed by atoms with Crippen LogP contribution in [0.2, 0.25) is 0 Å². The number of ether oxygens (including phenoxy) is 1. The summed E-state index contributed by atoms with van der Waals surface area (Å²) in [5.41, 5.74) is 2.48. The highest BCUT2D eigenvalue weighted by Crippen LogP contribution is 2.29. The van der Waals surface area contributed by atoms with Crippen LogP contribution in [0.4, 0.5) is 17.1 Å². The maximum atomic E-state index is 12.4. The molecule has 25 heavy (non-hydrogen) atoms. The Morgan fingerprint density at radius 3 is 2.64 bits per heavy atom. The number of nitrogens with one attached hydrogen (secondary N) is 2. The average molecular weight is 399 g/mol. The first kappa shape index (κ1) is 16.9. The number of aromatic nitrogens is 2. The van der Waals surface area contributed by atoms with E-state index in [4.69, 9.17) is 4.74 Å². The van der Waals surface area contributed by atoms with E-state index < -0.39 is 0 Å². The van der Waals surface area contributed by atoms with Crippen LogP contribution >= 0.6 is 15.9 Å². The Labute approximate surface area is 153 Å². The molecule has 0 aliphatic heterocycles. The Morgan fingerprint density at radius 1 is 1.08 bits per heavy atom. The van der Waals surface area contributed by atoms with Gasteiger partial charge in [-0.2, -0.15) is 0 Å². The van der Waals surface area contributed by atoms with Gasteiger partial charge in [-0.25, -0.2) is 4.98 Å². The summed E-state index contributed by atoms with van der Waals surface area (Å²) in [5.74, 6) is 0.250. The summed E-state index contributed by atoms with van der Waals surface area (Å²) in [6, 6.07) is 14.4. The largest absolute Gasteiger partial charge is 0.481 e. The normalized spacial score (nSPS) is 10.2. The Kier molecular flexibility index (Phi) is 5.25. The first-order valence-corrected chi connectivity index (χ1v) is 8.24. The standard InChI is InChI=1S/C18H15BrN4O2/c1-25-17-8-6-13(11-21-17)22-14-7-5-12(19)10-16(14)23-18(24)15-4-2-3-9-20-15/h2-11,22H,1H3,(H,23,24). The Morgan fingerprint density at radius 2 is 1.96 bits per heavy atom. The number of rotatable bonds is 5. The van der Waals surface area contributed by atoms with Gasteiger partial charge in [0.05, 0.1) is 30.4 Å². The summed E-state index contributed by atoms with van der Waals surface area (Å²) < 4.78 is 5.90. The Balaban J connectivity index is 1.83.